The molecule has 0 N–H and O–H groups in total. The first-order valence-corrected chi connectivity index (χ1v) is 15.9. The highest BCUT2D eigenvalue weighted by Crippen LogP contribution is 2.52. The number of hydrogen-bond acceptors (Lipinski definition) is 2. The maximum absolute atomic E-state index is 2.44. The van der Waals surface area contributed by atoms with Gasteiger partial charge in [-0.25, -0.2) is 0 Å². The molecule has 0 aliphatic carbocycles. The Balaban J connectivity index is 1.51. The zero-order valence-electron chi connectivity index (χ0n) is 22.7. The summed E-state index contributed by atoms with van der Waals surface area (Å²) >= 11 is 3.83. The standard InChI is InChI=1S/C40H24S2/c1-3-13-25(14-4-1)35-24-33-36(41-35)23-32-27-17-11-12-22-34(27)42-40(32)39(33)38-30-20-9-7-18-28(30)37(26-15-5-2-6-16-26)29-19-8-10-21-31(29)38/h1-24H. The molecule has 2 aromatic heterocycles. The fourth-order valence-corrected chi connectivity index (χ4v) is 9.02. The van der Waals surface area contributed by atoms with Crippen molar-refractivity contribution in [2.75, 3.05) is 0 Å². The summed E-state index contributed by atoms with van der Waals surface area (Å²) in [5, 5.41) is 9.21. The molecule has 7 aromatic carbocycles. The van der Waals surface area contributed by atoms with E-state index in [2.05, 4.69) is 146 Å². The lowest BCUT2D eigenvalue weighted by Gasteiger charge is -2.18. The second-order valence-corrected chi connectivity index (χ2v) is 13.0. The first kappa shape index (κ1) is 23.9. The lowest BCUT2D eigenvalue weighted by molar-refractivity contribution is 1.67. The zero-order chi connectivity index (χ0) is 27.6. The quantitative estimate of drug-likeness (QED) is 0.186. The van der Waals surface area contributed by atoms with Gasteiger partial charge in [-0.2, -0.15) is 0 Å². The SMILES string of the molecule is c1ccc(-c2cc3c(-c4c5ccccc5c(-c5ccccc5)c5ccccc45)c4sc5ccccc5c4cc3s2)cc1. The van der Waals surface area contributed by atoms with E-state index >= 15 is 0 Å². The molecule has 0 spiro atoms. The van der Waals surface area contributed by atoms with Crippen molar-refractivity contribution in [1.29, 1.82) is 0 Å². The van der Waals surface area contributed by atoms with Gasteiger partial charge in [-0.05, 0) is 62.0 Å². The molecule has 0 atom stereocenters. The Morgan fingerprint density at radius 2 is 0.833 bits per heavy atom. The summed E-state index contributed by atoms with van der Waals surface area (Å²) < 4.78 is 4.04. The fraction of sp³-hybridized carbons (Fsp3) is 0. The third-order valence-electron chi connectivity index (χ3n) is 8.47. The molecular formula is C40H24S2. The van der Waals surface area contributed by atoms with Crippen LogP contribution in [0.3, 0.4) is 0 Å². The van der Waals surface area contributed by atoms with Crippen LogP contribution in [0.4, 0.5) is 0 Å². The number of thiophene rings is 2. The van der Waals surface area contributed by atoms with Crippen molar-refractivity contribution >= 4 is 74.5 Å². The van der Waals surface area contributed by atoms with E-state index in [1.807, 2.05) is 22.7 Å². The van der Waals surface area contributed by atoms with Gasteiger partial charge in [-0.3, -0.25) is 0 Å². The Labute approximate surface area is 251 Å². The van der Waals surface area contributed by atoms with Gasteiger partial charge < -0.3 is 0 Å². The predicted octanol–water partition coefficient (Wildman–Crippen LogP) is 12.6. The number of hydrogen-bond donors (Lipinski definition) is 0. The fourth-order valence-electron chi connectivity index (χ4n) is 6.66. The van der Waals surface area contributed by atoms with E-state index in [-0.39, 0.29) is 0 Å². The Kier molecular flexibility index (Phi) is 5.34. The van der Waals surface area contributed by atoms with E-state index < -0.39 is 0 Å². The van der Waals surface area contributed by atoms with Crippen LogP contribution < -0.4 is 0 Å². The lowest BCUT2D eigenvalue weighted by atomic mass is 9.85. The van der Waals surface area contributed by atoms with Crippen LogP contribution in [0.25, 0.3) is 84.5 Å². The van der Waals surface area contributed by atoms with Crippen molar-refractivity contribution < 1.29 is 0 Å². The first-order valence-electron chi connectivity index (χ1n) is 14.3. The molecule has 9 aromatic rings. The molecule has 0 bridgehead atoms. The Hall–Kier alpha value is -4.76. The summed E-state index contributed by atoms with van der Waals surface area (Å²) in [6, 6.07) is 53.4. The highest BCUT2D eigenvalue weighted by molar-refractivity contribution is 7.27. The second kappa shape index (κ2) is 9.39. The largest absolute Gasteiger partial charge is 0.135 e. The lowest BCUT2D eigenvalue weighted by Crippen LogP contribution is -1.91. The van der Waals surface area contributed by atoms with Gasteiger partial charge in [0.1, 0.15) is 0 Å². The maximum atomic E-state index is 2.44. The smallest absolute Gasteiger partial charge is 0.0441 e. The monoisotopic (exact) mass is 568 g/mol. The molecule has 0 fully saturated rings. The molecular weight excluding hydrogens is 545 g/mol. The summed E-state index contributed by atoms with van der Waals surface area (Å²) in [5.41, 5.74) is 6.52. The molecule has 2 heteroatoms. The van der Waals surface area contributed by atoms with Crippen LogP contribution in [0.2, 0.25) is 0 Å². The van der Waals surface area contributed by atoms with E-state index in [0.717, 1.165) is 0 Å². The Morgan fingerprint density at radius 1 is 0.310 bits per heavy atom. The van der Waals surface area contributed by atoms with Crippen molar-refractivity contribution in [2.24, 2.45) is 0 Å². The molecule has 2 heterocycles. The van der Waals surface area contributed by atoms with Crippen molar-refractivity contribution in [2.45, 2.75) is 0 Å². The van der Waals surface area contributed by atoms with E-state index in [1.165, 1.54) is 84.5 Å². The molecule has 0 nitrogen and oxygen atoms in total. The van der Waals surface area contributed by atoms with Crippen LogP contribution in [-0.2, 0) is 0 Å². The van der Waals surface area contributed by atoms with E-state index in [0.29, 0.717) is 0 Å². The minimum atomic E-state index is 1.25. The van der Waals surface area contributed by atoms with Gasteiger partial charge in [-0.15, -0.1) is 22.7 Å². The van der Waals surface area contributed by atoms with Gasteiger partial charge in [0.15, 0.2) is 0 Å². The average Bonchev–Trinajstić information content (AvgIpc) is 3.65. The Morgan fingerprint density at radius 3 is 1.48 bits per heavy atom. The van der Waals surface area contributed by atoms with Gasteiger partial charge in [0.2, 0.25) is 0 Å². The van der Waals surface area contributed by atoms with Crippen LogP contribution >= 0.6 is 22.7 Å². The molecule has 9 rings (SSSR count). The average molecular weight is 569 g/mol. The first-order chi connectivity index (χ1) is 20.8. The highest BCUT2D eigenvalue weighted by atomic mass is 32.1. The molecule has 42 heavy (non-hydrogen) atoms. The van der Waals surface area contributed by atoms with Crippen LogP contribution in [0.1, 0.15) is 0 Å². The van der Waals surface area contributed by atoms with Gasteiger partial charge >= 0.3 is 0 Å². The second-order valence-electron chi connectivity index (χ2n) is 10.8. The summed E-state index contributed by atoms with van der Waals surface area (Å²) in [5.74, 6) is 0. The molecule has 0 radical (unpaired) electrons. The minimum absolute atomic E-state index is 1.25. The number of fused-ring (bicyclic) bond motifs is 6. The minimum Gasteiger partial charge on any atom is -0.135 e. The van der Waals surface area contributed by atoms with Crippen LogP contribution in [-0.4, -0.2) is 0 Å². The van der Waals surface area contributed by atoms with Crippen molar-refractivity contribution in [1.82, 2.24) is 0 Å². The summed E-state index contributed by atoms with van der Waals surface area (Å²) in [4.78, 5) is 1.31. The van der Waals surface area contributed by atoms with E-state index in [4.69, 9.17) is 0 Å². The third kappa shape index (κ3) is 3.53. The van der Waals surface area contributed by atoms with Crippen molar-refractivity contribution in [3.8, 4) is 32.7 Å². The molecule has 0 aliphatic rings. The van der Waals surface area contributed by atoms with Crippen LogP contribution in [0.5, 0.6) is 0 Å². The van der Waals surface area contributed by atoms with Crippen molar-refractivity contribution in [3.05, 3.63) is 146 Å². The summed E-state index contributed by atoms with van der Waals surface area (Å²) in [6.45, 7) is 0. The van der Waals surface area contributed by atoms with Gasteiger partial charge in [0.05, 0.1) is 0 Å². The molecule has 0 aliphatic heterocycles. The van der Waals surface area contributed by atoms with E-state index in [9.17, 15) is 0 Å². The normalized spacial score (nSPS) is 11.8. The predicted molar refractivity (Wildman–Crippen MR) is 186 cm³/mol. The number of rotatable bonds is 3. The maximum Gasteiger partial charge on any atom is 0.0441 e. The van der Waals surface area contributed by atoms with Gasteiger partial charge in [-0.1, -0.05) is 127 Å². The highest BCUT2D eigenvalue weighted by Gasteiger charge is 2.22. The number of benzene rings is 7. The summed E-state index contributed by atoms with van der Waals surface area (Å²) in [6.07, 6.45) is 0. The van der Waals surface area contributed by atoms with Gasteiger partial charge in [0, 0.05) is 40.7 Å². The molecule has 0 saturated heterocycles. The van der Waals surface area contributed by atoms with Gasteiger partial charge in [0.25, 0.3) is 0 Å². The van der Waals surface area contributed by atoms with Crippen LogP contribution in [0.15, 0.2) is 146 Å². The van der Waals surface area contributed by atoms with Crippen LogP contribution in [0, 0.1) is 0 Å². The summed E-state index contributed by atoms with van der Waals surface area (Å²) in [7, 11) is 0. The topological polar surface area (TPSA) is 0 Å². The zero-order valence-corrected chi connectivity index (χ0v) is 24.3. The van der Waals surface area contributed by atoms with E-state index in [1.54, 1.807) is 0 Å². The molecule has 0 amide bonds. The molecule has 0 unspecified atom stereocenters. The molecule has 0 saturated carbocycles. The molecule has 196 valence electrons. The Bertz CT molecular complexity index is 2390. The van der Waals surface area contributed by atoms with Crippen molar-refractivity contribution in [3.63, 3.8) is 0 Å². The third-order valence-corrected chi connectivity index (χ3v) is 10.8.